The Hall–Kier alpha value is -4.04. The van der Waals surface area contributed by atoms with E-state index in [0.29, 0.717) is 29.1 Å². The van der Waals surface area contributed by atoms with Gasteiger partial charge < -0.3 is 10.1 Å². The molecule has 0 aliphatic heterocycles. The van der Waals surface area contributed by atoms with Gasteiger partial charge in [-0.25, -0.2) is 14.5 Å². The van der Waals surface area contributed by atoms with Gasteiger partial charge in [0.05, 0.1) is 23.6 Å². The predicted octanol–water partition coefficient (Wildman–Crippen LogP) is 4.65. The second-order valence-electron chi connectivity index (χ2n) is 9.53. The van der Waals surface area contributed by atoms with E-state index in [1.54, 1.807) is 44.4 Å². The molecule has 37 heavy (non-hydrogen) atoms. The first-order chi connectivity index (χ1) is 17.8. The maximum atomic E-state index is 13.0. The topological polar surface area (TPSA) is 148 Å². The van der Waals surface area contributed by atoms with Crippen LogP contribution in [0.1, 0.15) is 50.7 Å². The van der Waals surface area contributed by atoms with Crippen LogP contribution in [0.3, 0.4) is 0 Å². The molecule has 3 aromatic rings. The molecule has 3 aromatic heterocycles. The van der Waals surface area contributed by atoms with Crippen molar-refractivity contribution in [3.8, 4) is 17.5 Å². The first kappa shape index (κ1) is 24.6. The summed E-state index contributed by atoms with van der Waals surface area (Å²) in [6, 6.07) is 9.05. The number of carbonyl (C=O) groups is 2. The molecule has 0 aromatic carbocycles. The molecule has 11 nitrogen and oxygen atoms in total. The number of nitrogens with zero attached hydrogens (tertiary/aromatic N) is 6. The molecule has 0 bridgehead atoms. The van der Waals surface area contributed by atoms with Crippen molar-refractivity contribution in [2.75, 3.05) is 10.6 Å². The van der Waals surface area contributed by atoms with Crippen LogP contribution in [0.25, 0.3) is 11.4 Å². The van der Waals surface area contributed by atoms with Crippen LogP contribution >= 0.6 is 11.6 Å². The standard InChI is InChI=1S/C25H25ClN8O3/c1-15(17-6-5-11-28-20(17)26)37-23(36)31-21-19(32-33-34(21)2)18-8-7-16(12-29-18)30-22(35)25(14-27)13-24(25)9-3-4-10-24/h5-8,11-12,15H,3-4,9-10,13H2,1-2H3,(H,30,35)(H,31,36)/t15-,25?/m1/s1. The van der Waals surface area contributed by atoms with Crippen molar-refractivity contribution in [2.45, 2.75) is 45.1 Å². The first-order valence-corrected chi connectivity index (χ1v) is 12.3. The van der Waals surface area contributed by atoms with E-state index in [2.05, 4.69) is 37.0 Å². The molecule has 5 rings (SSSR count). The fourth-order valence-corrected chi connectivity index (χ4v) is 5.49. The SMILES string of the molecule is C[C@@H](OC(=O)Nc1c(-c2ccc(NC(=O)C3(C#N)CC34CCCC4)cn2)nnn1C)c1cccnc1Cl. The normalized spacial score (nSPS) is 20.2. The van der Waals surface area contributed by atoms with Crippen LogP contribution in [-0.4, -0.2) is 37.0 Å². The minimum Gasteiger partial charge on any atom is -0.441 e. The number of pyridine rings is 2. The summed E-state index contributed by atoms with van der Waals surface area (Å²) < 4.78 is 6.84. The number of hydrogen-bond acceptors (Lipinski definition) is 8. The number of aromatic nitrogens is 5. The monoisotopic (exact) mass is 520 g/mol. The van der Waals surface area contributed by atoms with Gasteiger partial charge in [0, 0.05) is 24.2 Å². The van der Waals surface area contributed by atoms with Crippen LogP contribution in [0.4, 0.5) is 16.3 Å². The fraction of sp³-hybridized carbons (Fsp3) is 0.400. The molecule has 2 atom stereocenters. The van der Waals surface area contributed by atoms with Crippen molar-refractivity contribution in [1.29, 1.82) is 5.26 Å². The average molecular weight is 521 g/mol. The summed E-state index contributed by atoms with van der Waals surface area (Å²) >= 11 is 6.09. The van der Waals surface area contributed by atoms with Crippen LogP contribution < -0.4 is 10.6 Å². The van der Waals surface area contributed by atoms with Gasteiger partial charge in [-0.15, -0.1) is 5.10 Å². The van der Waals surface area contributed by atoms with Crippen molar-refractivity contribution in [2.24, 2.45) is 17.9 Å². The van der Waals surface area contributed by atoms with Gasteiger partial charge in [0.2, 0.25) is 5.91 Å². The maximum absolute atomic E-state index is 13.0. The predicted molar refractivity (Wildman–Crippen MR) is 134 cm³/mol. The number of halogens is 1. The molecule has 1 spiro atoms. The third kappa shape index (κ3) is 4.38. The number of aryl methyl sites for hydroxylation is 1. The summed E-state index contributed by atoms with van der Waals surface area (Å²) in [5, 5.41) is 23.6. The molecule has 0 radical (unpaired) electrons. The molecule has 1 unspecified atom stereocenters. The quantitative estimate of drug-likeness (QED) is 0.446. The lowest BCUT2D eigenvalue weighted by molar-refractivity contribution is -0.120. The molecule has 2 aliphatic rings. The van der Waals surface area contributed by atoms with Crippen molar-refractivity contribution in [1.82, 2.24) is 25.0 Å². The van der Waals surface area contributed by atoms with E-state index in [9.17, 15) is 14.9 Å². The number of ether oxygens (including phenoxy) is 1. The highest BCUT2D eigenvalue weighted by atomic mass is 35.5. The number of hydrogen-bond donors (Lipinski definition) is 2. The maximum Gasteiger partial charge on any atom is 0.413 e. The van der Waals surface area contributed by atoms with Gasteiger partial charge in [-0.05, 0) is 44.4 Å². The summed E-state index contributed by atoms with van der Waals surface area (Å²) in [6.45, 7) is 1.69. The zero-order valence-electron chi connectivity index (χ0n) is 20.4. The molecule has 2 aliphatic carbocycles. The average Bonchev–Trinajstić information content (AvgIpc) is 3.10. The molecule has 12 heteroatoms. The number of nitrogens with one attached hydrogen (secondary N) is 2. The number of amides is 2. The van der Waals surface area contributed by atoms with Crippen LogP contribution in [-0.2, 0) is 16.6 Å². The van der Waals surface area contributed by atoms with E-state index in [0.717, 1.165) is 25.7 Å². The van der Waals surface area contributed by atoms with Crippen molar-refractivity contribution >= 4 is 35.1 Å². The Balaban J connectivity index is 1.26. The van der Waals surface area contributed by atoms with Crippen LogP contribution in [0.5, 0.6) is 0 Å². The van der Waals surface area contributed by atoms with Gasteiger partial charge in [-0.3, -0.25) is 15.1 Å². The highest BCUT2D eigenvalue weighted by Crippen LogP contribution is 2.71. The Bertz CT molecular complexity index is 1390. The van der Waals surface area contributed by atoms with Gasteiger partial charge >= 0.3 is 6.09 Å². The lowest BCUT2D eigenvalue weighted by Gasteiger charge is -2.15. The van der Waals surface area contributed by atoms with Crippen molar-refractivity contribution < 1.29 is 14.3 Å². The third-order valence-corrected chi connectivity index (χ3v) is 7.66. The van der Waals surface area contributed by atoms with Crippen LogP contribution in [0, 0.1) is 22.2 Å². The molecule has 190 valence electrons. The molecular weight excluding hydrogens is 496 g/mol. The van der Waals surface area contributed by atoms with E-state index in [-0.39, 0.29) is 22.3 Å². The zero-order chi connectivity index (χ0) is 26.2. The first-order valence-electron chi connectivity index (χ1n) is 12.0. The minimum absolute atomic E-state index is 0.173. The second kappa shape index (κ2) is 9.44. The van der Waals surface area contributed by atoms with Crippen molar-refractivity contribution in [3.63, 3.8) is 0 Å². The lowest BCUT2D eigenvalue weighted by Crippen LogP contribution is -2.28. The summed E-state index contributed by atoms with van der Waals surface area (Å²) in [7, 11) is 1.62. The second-order valence-corrected chi connectivity index (χ2v) is 9.89. The molecule has 2 N–H and O–H groups in total. The zero-order valence-corrected chi connectivity index (χ0v) is 21.1. The molecular formula is C25H25ClN8O3. The Kier molecular flexibility index (Phi) is 6.29. The number of carbonyl (C=O) groups excluding carboxylic acids is 2. The fourth-order valence-electron chi connectivity index (χ4n) is 5.22. The van der Waals surface area contributed by atoms with Crippen molar-refractivity contribution in [3.05, 3.63) is 47.4 Å². The molecule has 3 heterocycles. The molecule has 2 amide bonds. The summed E-state index contributed by atoms with van der Waals surface area (Å²) in [5.41, 5.74) is 0.673. The molecule has 2 fully saturated rings. The van der Waals surface area contributed by atoms with E-state index in [1.807, 2.05) is 0 Å². The minimum atomic E-state index is -0.957. The van der Waals surface area contributed by atoms with E-state index in [1.165, 1.54) is 10.9 Å². The highest BCUT2D eigenvalue weighted by molar-refractivity contribution is 6.30. The number of rotatable bonds is 6. The smallest absolute Gasteiger partial charge is 0.413 e. The van der Waals surface area contributed by atoms with Gasteiger partial charge in [0.15, 0.2) is 11.5 Å². The number of anilines is 2. The van der Waals surface area contributed by atoms with Crippen LogP contribution in [0.15, 0.2) is 36.7 Å². The van der Waals surface area contributed by atoms with E-state index < -0.39 is 17.6 Å². The van der Waals surface area contributed by atoms with Gasteiger partial charge in [0.25, 0.3) is 0 Å². The lowest BCUT2D eigenvalue weighted by atomic mass is 9.91. The Morgan fingerprint density at radius 3 is 2.68 bits per heavy atom. The van der Waals surface area contributed by atoms with E-state index >= 15 is 0 Å². The summed E-state index contributed by atoms with van der Waals surface area (Å²) in [6.07, 6.45) is 6.25. The largest absolute Gasteiger partial charge is 0.441 e. The van der Waals surface area contributed by atoms with Gasteiger partial charge in [0.1, 0.15) is 16.7 Å². The number of nitriles is 1. The molecule has 0 saturated heterocycles. The Labute approximate surface area is 218 Å². The van der Waals surface area contributed by atoms with E-state index in [4.69, 9.17) is 16.3 Å². The van der Waals surface area contributed by atoms with Crippen LogP contribution in [0.2, 0.25) is 5.15 Å². The third-order valence-electron chi connectivity index (χ3n) is 7.34. The Morgan fingerprint density at radius 1 is 1.22 bits per heavy atom. The van der Waals surface area contributed by atoms with Gasteiger partial charge in [-0.1, -0.05) is 35.7 Å². The summed E-state index contributed by atoms with van der Waals surface area (Å²) in [5.74, 6) is 0.00208. The highest BCUT2D eigenvalue weighted by Gasteiger charge is 2.72. The Morgan fingerprint density at radius 2 is 2.00 bits per heavy atom. The molecule has 2 saturated carbocycles. The summed E-state index contributed by atoms with van der Waals surface area (Å²) in [4.78, 5) is 33.9. The van der Waals surface area contributed by atoms with Gasteiger partial charge in [-0.2, -0.15) is 5.26 Å².